The first kappa shape index (κ1) is 23.9. The number of primary amides is 1. The number of carbonyl (C=O) groups excluding carboxylic acids is 4. The first-order valence-electron chi connectivity index (χ1n) is 11.6. The highest BCUT2D eigenvalue weighted by atomic mass is 16.6. The number of hydrogen-bond donors (Lipinski definition) is 2. The number of amides is 2. The molecule has 1 aliphatic carbocycles. The largest absolute Gasteiger partial charge is 0.449 e. The summed E-state index contributed by atoms with van der Waals surface area (Å²) in [6.07, 6.45) is 7.38. The van der Waals surface area contributed by atoms with Gasteiger partial charge in [0.25, 0.3) is 0 Å². The summed E-state index contributed by atoms with van der Waals surface area (Å²) in [6.45, 7) is 1.55. The summed E-state index contributed by atoms with van der Waals surface area (Å²) < 4.78 is 16.6. The third-order valence-corrected chi connectivity index (χ3v) is 7.86. The minimum atomic E-state index is -1.33. The van der Waals surface area contributed by atoms with Gasteiger partial charge in [0, 0.05) is 43.9 Å². The van der Waals surface area contributed by atoms with Crippen LogP contribution in [0.3, 0.4) is 0 Å². The highest BCUT2D eigenvalue weighted by molar-refractivity contribution is 6.25. The van der Waals surface area contributed by atoms with E-state index in [4.69, 9.17) is 32.1 Å². The number of allylic oxidation sites excluding steroid dienone is 2. The van der Waals surface area contributed by atoms with Crippen molar-refractivity contribution in [2.45, 2.75) is 49.5 Å². The maximum absolute atomic E-state index is 13.2. The lowest BCUT2D eigenvalue weighted by atomic mass is 9.82. The van der Waals surface area contributed by atoms with Gasteiger partial charge >= 0.3 is 12.2 Å². The van der Waals surface area contributed by atoms with Crippen LogP contribution < -0.4 is 11.5 Å². The fourth-order valence-corrected chi connectivity index (χ4v) is 5.88. The monoisotopic (exact) mass is 497 g/mol. The standard InChI is InChI=1S/C24H27N5O7/c1-4-5-6-23(11-27-23)7-8-35-22(33)29-14-9-28-17-15(19(31)16(25)12(2)18(17)30)13(10-36-21(26)32)24(28,34-3)20(14)29/h1,11,13-14,20H,5-10,25H2,2-3H3,(H2,26,32)/t13-,14+,20+,23?,24-,29?/m1/s1. The molecule has 0 aromatic heterocycles. The molecule has 5 aliphatic rings. The highest BCUT2D eigenvalue weighted by Crippen LogP contribution is 2.59. The van der Waals surface area contributed by atoms with Gasteiger partial charge in [0.15, 0.2) is 5.72 Å². The lowest BCUT2D eigenvalue weighted by molar-refractivity contribution is -0.144. The molecule has 0 aromatic carbocycles. The molecule has 5 rings (SSSR count). The van der Waals surface area contributed by atoms with Crippen molar-refractivity contribution in [3.05, 3.63) is 22.5 Å². The smallest absolute Gasteiger partial charge is 0.410 e. The molecule has 1 unspecified atom stereocenters. The van der Waals surface area contributed by atoms with Crippen molar-refractivity contribution >= 4 is 30.0 Å². The molecule has 12 nitrogen and oxygen atoms in total. The number of hydrogen-bond acceptors (Lipinski definition) is 10. The minimum absolute atomic E-state index is 0.103. The van der Waals surface area contributed by atoms with E-state index >= 15 is 0 Å². The van der Waals surface area contributed by atoms with Crippen LogP contribution in [0, 0.1) is 18.3 Å². The number of ketones is 2. The Hall–Kier alpha value is -3.85. The Bertz CT molecular complexity index is 1210. The van der Waals surface area contributed by atoms with Gasteiger partial charge in [0.2, 0.25) is 11.6 Å². The zero-order chi connectivity index (χ0) is 26.0. The number of terminal acetylenes is 1. The van der Waals surface area contributed by atoms with Crippen LogP contribution in [0.2, 0.25) is 0 Å². The Kier molecular flexibility index (Phi) is 5.37. The number of carbonyl (C=O) groups is 4. The van der Waals surface area contributed by atoms with E-state index in [1.165, 1.54) is 18.9 Å². The Morgan fingerprint density at radius 3 is 2.61 bits per heavy atom. The van der Waals surface area contributed by atoms with Crippen LogP contribution in [0.5, 0.6) is 0 Å². The maximum atomic E-state index is 13.2. The Labute approximate surface area is 207 Å². The molecule has 0 spiro atoms. The quantitative estimate of drug-likeness (QED) is 0.263. The number of piperazine rings is 1. The second kappa shape index (κ2) is 8.09. The molecule has 4 N–H and O–H groups in total. The molecule has 2 fully saturated rings. The molecular formula is C24H27N5O7. The van der Waals surface area contributed by atoms with E-state index in [2.05, 4.69) is 10.9 Å². The molecule has 2 saturated heterocycles. The summed E-state index contributed by atoms with van der Waals surface area (Å²) in [5.74, 6) is 0.763. The summed E-state index contributed by atoms with van der Waals surface area (Å²) in [4.78, 5) is 58.3. The third-order valence-electron chi connectivity index (χ3n) is 7.86. The molecule has 2 amide bonds. The molecule has 0 saturated carbocycles. The fraction of sp³-hybridized carbons (Fsp3) is 0.542. The number of nitrogens with two attached hydrogens (primary N) is 2. The third kappa shape index (κ3) is 3.22. The zero-order valence-corrected chi connectivity index (χ0v) is 20.0. The van der Waals surface area contributed by atoms with Gasteiger partial charge in [-0.05, 0) is 13.3 Å². The van der Waals surface area contributed by atoms with Gasteiger partial charge in [0.05, 0.1) is 35.5 Å². The topological polar surface area (TPSA) is 167 Å². The van der Waals surface area contributed by atoms with Crippen molar-refractivity contribution in [1.82, 2.24) is 9.80 Å². The van der Waals surface area contributed by atoms with E-state index in [1.807, 2.05) is 6.21 Å². The molecule has 5 atom stereocenters. The van der Waals surface area contributed by atoms with Crippen molar-refractivity contribution < 1.29 is 33.4 Å². The number of Topliss-reactive ketones (excluding diaryl/α,β-unsaturated/α-hetero) is 2. The van der Waals surface area contributed by atoms with Gasteiger partial charge in [-0.1, -0.05) is 0 Å². The predicted octanol–water partition coefficient (Wildman–Crippen LogP) is -0.175. The first-order valence-corrected chi connectivity index (χ1v) is 11.6. The van der Waals surface area contributed by atoms with Crippen molar-refractivity contribution in [1.29, 1.82) is 0 Å². The van der Waals surface area contributed by atoms with Crippen molar-refractivity contribution in [3.63, 3.8) is 0 Å². The molecule has 12 heteroatoms. The van der Waals surface area contributed by atoms with E-state index in [-0.39, 0.29) is 53.9 Å². The number of rotatable bonds is 8. The molecular weight excluding hydrogens is 470 g/mol. The maximum Gasteiger partial charge on any atom is 0.410 e. The molecule has 190 valence electrons. The lowest BCUT2D eigenvalue weighted by Gasteiger charge is -2.40. The van der Waals surface area contributed by atoms with Gasteiger partial charge in [-0.2, -0.15) is 0 Å². The van der Waals surface area contributed by atoms with Crippen LogP contribution in [0.4, 0.5) is 9.59 Å². The lowest BCUT2D eigenvalue weighted by Crippen LogP contribution is -2.56. The summed E-state index contributed by atoms with van der Waals surface area (Å²) in [7, 11) is 1.42. The molecule has 0 aromatic rings. The summed E-state index contributed by atoms with van der Waals surface area (Å²) in [5, 5.41) is 0. The Morgan fingerprint density at radius 1 is 1.28 bits per heavy atom. The van der Waals surface area contributed by atoms with E-state index < -0.39 is 41.4 Å². The average molecular weight is 498 g/mol. The van der Waals surface area contributed by atoms with Crippen LogP contribution in [-0.2, 0) is 23.8 Å². The zero-order valence-electron chi connectivity index (χ0n) is 20.0. The highest BCUT2D eigenvalue weighted by Gasteiger charge is 2.78. The van der Waals surface area contributed by atoms with Gasteiger partial charge < -0.3 is 30.6 Å². The number of aliphatic imine (C=N–C) groups is 1. The number of nitrogens with zero attached hydrogens (tertiary/aromatic N) is 3. The molecule has 36 heavy (non-hydrogen) atoms. The number of ether oxygens (including phenoxy) is 3. The normalized spacial score (nSPS) is 33.3. The van der Waals surface area contributed by atoms with Gasteiger partial charge in [-0.15, -0.1) is 12.3 Å². The van der Waals surface area contributed by atoms with Gasteiger partial charge in [0.1, 0.15) is 12.6 Å². The molecule has 4 aliphatic heterocycles. The molecule has 4 heterocycles. The first-order chi connectivity index (χ1) is 17.1. The van der Waals surface area contributed by atoms with Crippen LogP contribution in [0.15, 0.2) is 27.5 Å². The summed E-state index contributed by atoms with van der Waals surface area (Å²) in [5.41, 5.74) is 9.72. The van der Waals surface area contributed by atoms with Crippen molar-refractivity contribution in [3.8, 4) is 12.3 Å². The Morgan fingerprint density at radius 2 is 2.00 bits per heavy atom. The minimum Gasteiger partial charge on any atom is -0.449 e. The Balaban J connectivity index is 1.36. The second-order valence-electron chi connectivity index (χ2n) is 9.56. The SMILES string of the molecule is C#CCCC1(CCOC(=O)N2[C@H]3[C@@H]2CN2C4=C(C(=O)C(N)=C(C)C4=O)[C@@H](COC(N)=O)[C@@]32OC)C=N1. The van der Waals surface area contributed by atoms with Crippen molar-refractivity contribution in [2.75, 3.05) is 26.9 Å². The summed E-state index contributed by atoms with van der Waals surface area (Å²) in [6, 6.07) is -0.863. The van der Waals surface area contributed by atoms with Crippen LogP contribution >= 0.6 is 0 Å². The van der Waals surface area contributed by atoms with E-state index in [0.29, 0.717) is 19.3 Å². The fourth-order valence-electron chi connectivity index (χ4n) is 5.88. The van der Waals surface area contributed by atoms with Gasteiger partial charge in [-0.3, -0.25) is 19.5 Å². The summed E-state index contributed by atoms with van der Waals surface area (Å²) >= 11 is 0. The number of fused-ring (bicyclic) bond motifs is 4. The van der Waals surface area contributed by atoms with Crippen LogP contribution in [0.1, 0.15) is 26.2 Å². The van der Waals surface area contributed by atoms with E-state index in [9.17, 15) is 19.2 Å². The van der Waals surface area contributed by atoms with Crippen LogP contribution in [-0.4, -0.2) is 90.0 Å². The van der Waals surface area contributed by atoms with Crippen molar-refractivity contribution in [2.24, 2.45) is 22.4 Å². The van der Waals surface area contributed by atoms with Crippen LogP contribution in [0.25, 0.3) is 0 Å². The predicted molar refractivity (Wildman–Crippen MR) is 124 cm³/mol. The molecule has 0 bridgehead atoms. The number of methoxy groups -OCH3 is 1. The molecule has 0 radical (unpaired) electrons. The van der Waals surface area contributed by atoms with E-state index in [0.717, 1.165) is 0 Å². The second-order valence-corrected chi connectivity index (χ2v) is 9.56. The van der Waals surface area contributed by atoms with Gasteiger partial charge in [-0.25, -0.2) is 9.59 Å². The average Bonchev–Trinajstić information content (AvgIpc) is 3.73. The van der Waals surface area contributed by atoms with E-state index in [1.54, 1.807) is 4.90 Å².